The van der Waals surface area contributed by atoms with Crippen molar-refractivity contribution in [3.05, 3.63) is 110 Å². The quantitative estimate of drug-likeness (QED) is 0.244. The number of H-pyrrole nitrogens is 3. The van der Waals surface area contributed by atoms with E-state index in [2.05, 4.69) is 70.1 Å². The van der Waals surface area contributed by atoms with E-state index >= 15 is 0 Å². The zero-order chi connectivity index (χ0) is 27.6. The summed E-state index contributed by atoms with van der Waals surface area (Å²) in [5.41, 5.74) is 8.12. The molecule has 1 saturated heterocycles. The third-order valence-corrected chi connectivity index (χ3v) is 7.88. The van der Waals surface area contributed by atoms with Gasteiger partial charge in [-0.3, -0.25) is 9.69 Å². The average Bonchev–Trinajstić information content (AvgIpc) is 3.34. The van der Waals surface area contributed by atoms with Gasteiger partial charge < -0.3 is 15.0 Å². The molecule has 40 heavy (non-hydrogen) atoms. The van der Waals surface area contributed by atoms with Crippen LogP contribution in [0.3, 0.4) is 0 Å². The highest BCUT2D eigenvalue weighted by Gasteiger charge is 2.21. The first kappa shape index (κ1) is 26.0. The van der Waals surface area contributed by atoms with Crippen molar-refractivity contribution in [1.29, 1.82) is 0 Å². The molecule has 0 bridgehead atoms. The van der Waals surface area contributed by atoms with Gasteiger partial charge in [-0.15, -0.1) is 0 Å². The maximum absolute atomic E-state index is 12.9. The zero-order valence-electron chi connectivity index (χ0n) is 23.0. The lowest BCUT2D eigenvalue weighted by Gasteiger charge is -2.32. The van der Waals surface area contributed by atoms with Gasteiger partial charge in [0.05, 0.1) is 22.4 Å². The summed E-state index contributed by atoms with van der Waals surface area (Å²) in [4.78, 5) is 40.7. The van der Waals surface area contributed by atoms with E-state index in [0.29, 0.717) is 24.0 Å². The summed E-state index contributed by atoms with van der Waals surface area (Å²) in [7, 11) is 0. The Bertz CT molecular complexity index is 1720. The van der Waals surface area contributed by atoms with E-state index in [1.807, 2.05) is 36.4 Å². The molecule has 6 rings (SSSR count). The van der Waals surface area contributed by atoms with Crippen LogP contribution in [-0.2, 0) is 13.0 Å². The van der Waals surface area contributed by atoms with Crippen molar-refractivity contribution >= 4 is 11.0 Å². The van der Waals surface area contributed by atoms with Crippen LogP contribution in [0.4, 0.5) is 0 Å². The second kappa shape index (κ2) is 11.1. The standard InChI is InChI=1S/C33H35N5O2/c1-21(2)18-29-32(39)37-31(30(34-29)24-6-4-3-5-7-24)25-10-8-22(9-11-25)20-38-16-14-23(15-17-38)26-12-13-27-28(19-26)36-33(40)35-27/h3-13,19,21,23H,14-18,20H2,1-2H3,(H,37,39)(H2,35,36,40). The van der Waals surface area contributed by atoms with Crippen LogP contribution in [0.25, 0.3) is 33.5 Å². The fourth-order valence-electron chi connectivity index (χ4n) is 5.79. The maximum atomic E-state index is 12.9. The molecule has 0 spiro atoms. The Hall–Kier alpha value is -4.23. The van der Waals surface area contributed by atoms with Gasteiger partial charge in [-0.25, -0.2) is 9.78 Å². The molecule has 0 amide bonds. The number of piperidine rings is 1. The molecule has 7 heteroatoms. The molecule has 1 aliphatic heterocycles. The first-order valence-corrected chi connectivity index (χ1v) is 14.1. The normalized spacial score (nSPS) is 14.8. The van der Waals surface area contributed by atoms with Crippen LogP contribution < -0.4 is 11.2 Å². The monoisotopic (exact) mass is 533 g/mol. The Kier molecular flexibility index (Phi) is 7.22. The predicted molar refractivity (Wildman–Crippen MR) is 160 cm³/mol. The lowest BCUT2D eigenvalue weighted by Crippen LogP contribution is -2.32. The average molecular weight is 534 g/mol. The summed E-state index contributed by atoms with van der Waals surface area (Å²) in [6.07, 6.45) is 2.83. The van der Waals surface area contributed by atoms with Gasteiger partial charge in [0, 0.05) is 17.7 Å². The van der Waals surface area contributed by atoms with Crippen LogP contribution in [0.2, 0.25) is 0 Å². The lowest BCUT2D eigenvalue weighted by molar-refractivity contribution is 0.204. The van der Waals surface area contributed by atoms with Crippen molar-refractivity contribution in [3.8, 4) is 22.5 Å². The molecule has 0 aliphatic carbocycles. The molecule has 0 unspecified atom stereocenters. The summed E-state index contributed by atoms with van der Waals surface area (Å²) in [6, 6.07) is 24.8. The first-order chi connectivity index (χ1) is 19.4. The Labute approximate surface area is 233 Å². The van der Waals surface area contributed by atoms with E-state index < -0.39 is 0 Å². The van der Waals surface area contributed by atoms with Crippen LogP contribution in [-0.4, -0.2) is 37.9 Å². The van der Waals surface area contributed by atoms with Crippen molar-refractivity contribution in [2.24, 2.45) is 5.92 Å². The van der Waals surface area contributed by atoms with Crippen molar-refractivity contribution in [1.82, 2.24) is 24.8 Å². The SMILES string of the molecule is CC(C)Cc1nc(-c2ccccc2)c(-c2ccc(CN3CCC(c4ccc5[nH]c(=O)[nH]c5c4)CC3)cc2)[nH]c1=O. The minimum Gasteiger partial charge on any atom is -0.319 e. The molecule has 0 saturated carbocycles. The number of nitrogens with zero attached hydrogens (tertiary/aromatic N) is 2. The van der Waals surface area contributed by atoms with Crippen LogP contribution in [0, 0.1) is 5.92 Å². The van der Waals surface area contributed by atoms with Crippen molar-refractivity contribution in [3.63, 3.8) is 0 Å². The molecule has 3 heterocycles. The number of nitrogens with one attached hydrogen (secondary N) is 3. The van der Waals surface area contributed by atoms with E-state index in [4.69, 9.17) is 4.98 Å². The number of benzene rings is 3. The van der Waals surface area contributed by atoms with E-state index in [1.165, 1.54) is 11.1 Å². The van der Waals surface area contributed by atoms with Gasteiger partial charge in [0.2, 0.25) is 0 Å². The molecule has 3 N–H and O–H groups in total. The van der Waals surface area contributed by atoms with Gasteiger partial charge in [-0.05, 0) is 67.4 Å². The molecule has 5 aromatic rings. The van der Waals surface area contributed by atoms with Gasteiger partial charge in [0.1, 0.15) is 5.69 Å². The number of likely N-dealkylation sites (tertiary alicyclic amines) is 1. The molecule has 1 aliphatic rings. The molecule has 2 aromatic heterocycles. The Balaban J connectivity index is 1.16. The fraction of sp³-hybridized carbons (Fsp3) is 0.303. The van der Waals surface area contributed by atoms with E-state index in [0.717, 1.165) is 66.0 Å². The van der Waals surface area contributed by atoms with Crippen molar-refractivity contribution in [2.75, 3.05) is 13.1 Å². The predicted octanol–water partition coefficient (Wildman–Crippen LogP) is 5.85. The van der Waals surface area contributed by atoms with Crippen LogP contribution >= 0.6 is 0 Å². The van der Waals surface area contributed by atoms with Gasteiger partial charge in [-0.1, -0.05) is 74.5 Å². The summed E-state index contributed by atoms with van der Waals surface area (Å²) < 4.78 is 0. The number of fused-ring (bicyclic) bond motifs is 1. The molecular formula is C33H35N5O2. The molecular weight excluding hydrogens is 498 g/mol. The van der Waals surface area contributed by atoms with Crippen LogP contribution in [0.1, 0.15) is 49.4 Å². The summed E-state index contributed by atoms with van der Waals surface area (Å²) in [5, 5.41) is 0. The Morgan fingerprint density at radius 2 is 1.57 bits per heavy atom. The van der Waals surface area contributed by atoms with Gasteiger partial charge in [-0.2, -0.15) is 0 Å². The second-order valence-corrected chi connectivity index (χ2v) is 11.3. The lowest BCUT2D eigenvalue weighted by atomic mass is 9.89. The molecule has 3 aromatic carbocycles. The number of aromatic nitrogens is 4. The topological polar surface area (TPSA) is 97.6 Å². The molecule has 0 atom stereocenters. The van der Waals surface area contributed by atoms with E-state index in [1.54, 1.807) is 0 Å². The Morgan fingerprint density at radius 3 is 2.30 bits per heavy atom. The summed E-state index contributed by atoms with van der Waals surface area (Å²) in [5.74, 6) is 0.849. The fourth-order valence-corrected chi connectivity index (χ4v) is 5.79. The third-order valence-electron chi connectivity index (χ3n) is 7.88. The van der Waals surface area contributed by atoms with Gasteiger partial charge in [0.25, 0.3) is 5.56 Å². The zero-order valence-corrected chi connectivity index (χ0v) is 23.0. The van der Waals surface area contributed by atoms with Crippen LogP contribution in [0.5, 0.6) is 0 Å². The minimum absolute atomic E-state index is 0.114. The first-order valence-electron chi connectivity index (χ1n) is 14.1. The largest absolute Gasteiger partial charge is 0.323 e. The maximum Gasteiger partial charge on any atom is 0.323 e. The molecule has 1 fully saturated rings. The van der Waals surface area contributed by atoms with Crippen LogP contribution in [0.15, 0.2) is 82.4 Å². The highest BCUT2D eigenvalue weighted by molar-refractivity contribution is 5.78. The smallest absolute Gasteiger partial charge is 0.319 e. The molecule has 7 nitrogen and oxygen atoms in total. The second-order valence-electron chi connectivity index (χ2n) is 11.3. The highest BCUT2D eigenvalue weighted by atomic mass is 16.1. The summed E-state index contributed by atoms with van der Waals surface area (Å²) in [6.45, 7) is 7.15. The van der Waals surface area contributed by atoms with E-state index in [-0.39, 0.29) is 11.2 Å². The minimum atomic E-state index is -0.157. The van der Waals surface area contributed by atoms with E-state index in [9.17, 15) is 9.59 Å². The molecule has 0 radical (unpaired) electrons. The summed E-state index contributed by atoms with van der Waals surface area (Å²) >= 11 is 0. The van der Waals surface area contributed by atoms with Gasteiger partial charge in [0.15, 0.2) is 0 Å². The third kappa shape index (κ3) is 5.56. The number of rotatable bonds is 7. The Morgan fingerprint density at radius 1 is 0.850 bits per heavy atom. The number of hydrogen-bond donors (Lipinski definition) is 3. The molecule has 204 valence electrons. The van der Waals surface area contributed by atoms with Gasteiger partial charge >= 0.3 is 5.69 Å². The van der Waals surface area contributed by atoms with Crippen molar-refractivity contribution < 1.29 is 0 Å². The number of aromatic amines is 3. The number of imidazole rings is 1. The number of hydrogen-bond acceptors (Lipinski definition) is 4. The van der Waals surface area contributed by atoms with Crippen molar-refractivity contribution in [2.45, 2.75) is 45.6 Å². The highest BCUT2D eigenvalue weighted by Crippen LogP contribution is 2.31.